The van der Waals surface area contributed by atoms with Crippen LogP contribution < -0.4 is 0 Å². The molecule has 0 amide bonds. The molecule has 0 fully saturated rings. The number of nitro benzene ring substituents is 2. The lowest BCUT2D eigenvalue weighted by Crippen LogP contribution is -2.27. The summed E-state index contributed by atoms with van der Waals surface area (Å²) in [6.07, 6.45) is 0. The smallest absolute Gasteiger partial charge is 0.269 e. The third-order valence-electron chi connectivity index (χ3n) is 3.62. The van der Waals surface area contributed by atoms with Crippen LogP contribution in [0, 0.1) is 20.2 Å². The van der Waals surface area contributed by atoms with Crippen molar-refractivity contribution in [2.24, 2.45) is 0 Å². The molecule has 0 bridgehead atoms. The highest BCUT2D eigenvalue weighted by Gasteiger charge is 2.36. The zero-order valence-corrected chi connectivity index (χ0v) is 14.3. The van der Waals surface area contributed by atoms with Crippen molar-refractivity contribution in [2.45, 2.75) is 23.7 Å². The molecule has 0 aliphatic rings. The van der Waals surface area contributed by atoms with Crippen molar-refractivity contribution in [3.8, 4) is 0 Å². The van der Waals surface area contributed by atoms with Crippen molar-refractivity contribution >= 4 is 23.1 Å². The molecule has 0 saturated heterocycles. The van der Waals surface area contributed by atoms with E-state index in [9.17, 15) is 30.4 Å². The van der Waals surface area contributed by atoms with E-state index in [1.54, 1.807) is 0 Å². The summed E-state index contributed by atoms with van der Waals surface area (Å²) in [5, 5.41) is 42.8. The van der Waals surface area contributed by atoms with Crippen LogP contribution in [0.25, 0.3) is 0 Å². The van der Waals surface area contributed by atoms with E-state index >= 15 is 0 Å². The quantitative estimate of drug-likeness (QED) is 0.457. The number of benzene rings is 2. The van der Waals surface area contributed by atoms with Crippen LogP contribution in [0.3, 0.4) is 0 Å². The first-order valence-corrected chi connectivity index (χ1v) is 7.99. The maximum absolute atomic E-state index is 10.7. The van der Waals surface area contributed by atoms with Crippen LogP contribution in [0.2, 0.25) is 0 Å². The van der Waals surface area contributed by atoms with Gasteiger partial charge in [0, 0.05) is 24.3 Å². The first kappa shape index (κ1) is 18.8. The average molecular weight is 364 g/mol. The Morgan fingerprint density at radius 3 is 1.28 bits per heavy atom. The Kier molecular flexibility index (Phi) is 5.12. The van der Waals surface area contributed by atoms with Gasteiger partial charge in [0.25, 0.3) is 11.4 Å². The molecular weight excluding hydrogens is 348 g/mol. The summed E-state index contributed by atoms with van der Waals surface area (Å²) in [5.41, 5.74) is 0.550. The normalized spacial score (nSPS) is 15.8. The third kappa shape index (κ3) is 4.32. The summed E-state index contributed by atoms with van der Waals surface area (Å²) < 4.78 is 0. The molecule has 132 valence electrons. The predicted octanol–water partition coefficient (Wildman–Crippen LogP) is 3.27. The van der Waals surface area contributed by atoms with Crippen molar-refractivity contribution in [2.75, 3.05) is 0 Å². The minimum atomic E-state index is -1.54. The van der Waals surface area contributed by atoms with Crippen molar-refractivity contribution in [1.82, 2.24) is 0 Å². The Labute approximate surface area is 147 Å². The highest BCUT2D eigenvalue weighted by molar-refractivity contribution is 8.00. The Balaban J connectivity index is 2.24. The average Bonchev–Trinajstić information content (AvgIpc) is 2.54. The van der Waals surface area contributed by atoms with Gasteiger partial charge in [-0.05, 0) is 49.2 Å². The standard InChI is InChI=1S/C16H16N2O6S/c1-15(19,11-3-7-13(8-4-11)17(21)22)25-16(2,20)12-5-9-14(10-6-12)18(23)24/h3-10,19-20H,1-2H3. The zero-order chi connectivity index (χ0) is 18.8. The van der Waals surface area contributed by atoms with E-state index < -0.39 is 19.7 Å². The molecule has 2 unspecified atom stereocenters. The van der Waals surface area contributed by atoms with E-state index in [1.807, 2.05) is 0 Å². The fourth-order valence-electron chi connectivity index (χ4n) is 2.29. The fourth-order valence-corrected chi connectivity index (χ4v) is 3.57. The van der Waals surface area contributed by atoms with E-state index in [-0.39, 0.29) is 11.4 Å². The molecule has 0 heterocycles. The van der Waals surface area contributed by atoms with Gasteiger partial charge in [-0.1, -0.05) is 11.8 Å². The monoisotopic (exact) mass is 364 g/mol. The number of rotatable bonds is 6. The van der Waals surface area contributed by atoms with Gasteiger partial charge in [-0.2, -0.15) is 0 Å². The second-order valence-electron chi connectivity index (χ2n) is 5.68. The summed E-state index contributed by atoms with van der Waals surface area (Å²) >= 11 is 0.810. The van der Waals surface area contributed by atoms with Gasteiger partial charge in [-0.15, -0.1) is 0 Å². The summed E-state index contributed by atoms with van der Waals surface area (Å²) in [5.74, 6) is 0. The largest absolute Gasteiger partial charge is 0.375 e. The Morgan fingerprint density at radius 1 is 0.760 bits per heavy atom. The van der Waals surface area contributed by atoms with Gasteiger partial charge in [0.15, 0.2) is 0 Å². The molecule has 2 aromatic carbocycles. The van der Waals surface area contributed by atoms with Gasteiger partial charge in [0.1, 0.15) is 9.87 Å². The molecular formula is C16H16N2O6S. The maximum Gasteiger partial charge on any atom is 0.269 e. The lowest BCUT2D eigenvalue weighted by molar-refractivity contribution is -0.385. The molecule has 2 aromatic rings. The van der Waals surface area contributed by atoms with Gasteiger partial charge in [-0.25, -0.2) is 0 Å². The van der Waals surface area contributed by atoms with E-state index in [2.05, 4.69) is 0 Å². The predicted molar refractivity (Wildman–Crippen MR) is 92.9 cm³/mol. The van der Waals surface area contributed by atoms with Crippen LogP contribution in [0.15, 0.2) is 48.5 Å². The number of non-ortho nitro benzene ring substituents is 2. The van der Waals surface area contributed by atoms with Crippen molar-refractivity contribution in [3.63, 3.8) is 0 Å². The number of nitrogens with zero attached hydrogens (tertiary/aromatic N) is 2. The lowest BCUT2D eigenvalue weighted by Gasteiger charge is -2.32. The number of nitro groups is 2. The van der Waals surface area contributed by atoms with E-state index in [0.29, 0.717) is 11.1 Å². The minimum absolute atomic E-state index is 0.105. The van der Waals surface area contributed by atoms with Crippen molar-refractivity contribution in [1.29, 1.82) is 0 Å². The van der Waals surface area contributed by atoms with Gasteiger partial charge >= 0.3 is 0 Å². The van der Waals surface area contributed by atoms with Crippen molar-refractivity contribution in [3.05, 3.63) is 79.9 Å². The van der Waals surface area contributed by atoms with Crippen LogP contribution in [-0.4, -0.2) is 20.1 Å². The second-order valence-corrected chi connectivity index (χ2v) is 7.47. The maximum atomic E-state index is 10.7. The van der Waals surface area contributed by atoms with Crippen molar-refractivity contribution < 1.29 is 20.1 Å². The van der Waals surface area contributed by atoms with Gasteiger partial charge < -0.3 is 10.2 Å². The summed E-state index contributed by atoms with van der Waals surface area (Å²) in [7, 11) is 0. The lowest BCUT2D eigenvalue weighted by atomic mass is 10.1. The van der Waals surface area contributed by atoms with Crippen LogP contribution in [-0.2, 0) is 9.87 Å². The highest BCUT2D eigenvalue weighted by atomic mass is 32.2. The zero-order valence-electron chi connectivity index (χ0n) is 13.4. The first-order valence-electron chi connectivity index (χ1n) is 7.18. The molecule has 0 spiro atoms. The summed E-state index contributed by atoms with van der Waals surface area (Å²) in [6.45, 7) is 2.91. The molecule has 0 aromatic heterocycles. The molecule has 0 aliphatic carbocycles. The number of hydrogen-bond donors (Lipinski definition) is 2. The molecule has 9 heteroatoms. The van der Waals surface area contributed by atoms with E-state index in [4.69, 9.17) is 0 Å². The second kappa shape index (κ2) is 6.79. The molecule has 2 atom stereocenters. The molecule has 2 N–H and O–H groups in total. The van der Waals surface area contributed by atoms with E-state index in [0.717, 1.165) is 11.8 Å². The minimum Gasteiger partial charge on any atom is -0.375 e. The Hall–Kier alpha value is -2.49. The molecule has 0 aliphatic heterocycles. The number of hydrogen-bond acceptors (Lipinski definition) is 7. The Bertz CT molecular complexity index is 720. The molecule has 0 saturated carbocycles. The summed E-state index contributed by atoms with van der Waals surface area (Å²) in [4.78, 5) is 17.2. The molecule has 25 heavy (non-hydrogen) atoms. The molecule has 2 rings (SSSR count). The van der Waals surface area contributed by atoms with Crippen LogP contribution in [0.5, 0.6) is 0 Å². The number of aliphatic hydroxyl groups is 2. The molecule has 0 radical (unpaired) electrons. The van der Waals surface area contributed by atoms with Crippen LogP contribution >= 0.6 is 11.8 Å². The van der Waals surface area contributed by atoms with Crippen LogP contribution in [0.4, 0.5) is 11.4 Å². The van der Waals surface area contributed by atoms with Crippen LogP contribution in [0.1, 0.15) is 25.0 Å². The van der Waals surface area contributed by atoms with Gasteiger partial charge in [0.05, 0.1) is 9.85 Å². The first-order chi connectivity index (χ1) is 11.5. The Morgan fingerprint density at radius 2 is 1.04 bits per heavy atom. The fraction of sp³-hybridized carbons (Fsp3) is 0.250. The number of thioether (sulfide) groups is 1. The third-order valence-corrected chi connectivity index (χ3v) is 4.89. The van der Waals surface area contributed by atoms with E-state index in [1.165, 1.54) is 62.4 Å². The topological polar surface area (TPSA) is 127 Å². The molecule has 8 nitrogen and oxygen atoms in total. The SMILES string of the molecule is CC(O)(SC(C)(O)c1ccc([N+](=O)[O-])cc1)c1ccc([N+](=O)[O-])cc1. The summed E-state index contributed by atoms with van der Waals surface area (Å²) in [6, 6.07) is 10.7. The highest BCUT2D eigenvalue weighted by Crippen LogP contribution is 2.46. The van der Waals surface area contributed by atoms with Gasteiger partial charge in [-0.3, -0.25) is 20.2 Å². The van der Waals surface area contributed by atoms with Gasteiger partial charge in [0.2, 0.25) is 0 Å².